The van der Waals surface area contributed by atoms with Crippen LogP contribution in [-0.2, 0) is 6.42 Å². The number of nitrogens with one attached hydrogen (secondary N) is 2. The standard InChI is InChI=1S/C22H34N4O3/c1-4-5-8-18(13-14-27)25-21-20(16-24-22(23-2)26-21)29-15-6-7-17-9-11-19(28-3)12-10-17/h9-12,16,18,27H,4-8,13-15H2,1-3H3,(H2,23,24,25,26). The summed E-state index contributed by atoms with van der Waals surface area (Å²) in [6, 6.07) is 8.25. The van der Waals surface area contributed by atoms with Gasteiger partial charge in [0.2, 0.25) is 5.95 Å². The quantitative estimate of drug-likeness (QED) is 0.413. The van der Waals surface area contributed by atoms with Gasteiger partial charge in [0, 0.05) is 19.7 Å². The summed E-state index contributed by atoms with van der Waals surface area (Å²) in [4.78, 5) is 8.80. The van der Waals surface area contributed by atoms with Crippen LogP contribution in [0.2, 0.25) is 0 Å². The van der Waals surface area contributed by atoms with E-state index in [2.05, 4.69) is 39.7 Å². The van der Waals surface area contributed by atoms with Gasteiger partial charge in [0.05, 0.1) is 19.9 Å². The van der Waals surface area contributed by atoms with Crippen LogP contribution < -0.4 is 20.1 Å². The number of rotatable bonds is 14. The number of aliphatic hydroxyl groups excluding tert-OH is 1. The molecule has 0 saturated heterocycles. The van der Waals surface area contributed by atoms with Crippen molar-refractivity contribution in [1.29, 1.82) is 0 Å². The molecule has 0 saturated carbocycles. The average Bonchev–Trinajstić information content (AvgIpc) is 2.76. The van der Waals surface area contributed by atoms with E-state index in [-0.39, 0.29) is 12.6 Å². The van der Waals surface area contributed by atoms with Gasteiger partial charge in [-0.3, -0.25) is 0 Å². The number of anilines is 2. The maximum absolute atomic E-state index is 9.37. The van der Waals surface area contributed by atoms with E-state index in [0.717, 1.165) is 37.9 Å². The molecule has 3 N–H and O–H groups in total. The molecule has 0 bridgehead atoms. The zero-order chi connectivity index (χ0) is 20.9. The molecule has 0 aliphatic heterocycles. The third-order valence-electron chi connectivity index (χ3n) is 4.73. The Morgan fingerprint density at radius 2 is 1.93 bits per heavy atom. The van der Waals surface area contributed by atoms with Crippen LogP contribution in [-0.4, -0.2) is 48.5 Å². The zero-order valence-electron chi connectivity index (χ0n) is 17.8. The van der Waals surface area contributed by atoms with E-state index in [1.165, 1.54) is 5.56 Å². The largest absolute Gasteiger partial charge is 0.497 e. The van der Waals surface area contributed by atoms with Crippen LogP contribution in [0, 0.1) is 0 Å². The molecule has 7 nitrogen and oxygen atoms in total. The molecule has 1 aromatic carbocycles. The number of benzene rings is 1. The zero-order valence-corrected chi connectivity index (χ0v) is 17.8. The SMILES string of the molecule is CCCCC(CCO)Nc1nc(NC)ncc1OCCCc1ccc(OC)cc1. The maximum Gasteiger partial charge on any atom is 0.224 e. The van der Waals surface area contributed by atoms with Crippen molar-refractivity contribution in [3.8, 4) is 11.5 Å². The molecule has 0 fully saturated rings. The van der Waals surface area contributed by atoms with Gasteiger partial charge in [0.1, 0.15) is 5.75 Å². The van der Waals surface area contributed by atoms with Gasteiger partial charge < -0.3 is 25.2 Å². The Labute approximate surface area is 173 Å². The Bertz CT molecular complexity index is 710. The molecule has 0 amide bonds. The molecule has 2 rings (SSSR count). The minimum absolute atomic E-state index is 0.142. The summed E-state index contributed by atoms with van der Waals surface area (Å²) in [7, 11) is 3.46. The Morgan fingerprint density at radius 3 is 2.59 bits per heavy atom. The number of ether oxygens (including phenoxy) is 2. The van der Waals surface area contributed by atoms with Crippen LogP contribution in [0.15, 0.2) is 30.5 Å². The highest BCUT2D eigenvalue weighted by Gasteiger charge is 2.14. The van der Waals surface area contributed by atoms with Crippen LogP contribution >= 0.6 is 0 Å². The van der Waals surface area contributed by atoms with Crippen LogP contribution in [0.1, 0.15) is 44.6 Å². The Hall–Kier alpha value is -2.54. The smallest absolute Gasteiger partial charge is 0.224 e. The highest BCUT2D eigenvalue weighted by molar-refractivity contribution is 5.52. The molecule has 0 aliphatic carbocycles. The van der Waals surface area contributed by atoms with Crippen LogP contribution in [0.3, 0.4) is 0 Å². The molecule has 2 aromatic rings. The van der Waals surface area contributed by atoms with Crippen LogP contribution in [0.25, 0.3) is 0 Å². The number of hydrogen-bond donors (Lipinski definition) is 3. The molecule has 160 valence electrons. The molecular weight excluding hydrogens is 368 g/mol. The molecular formula is C22H34N4O3. The summed E-state index contributed by atoms with van der Waals surface area (Å²) >= 11 is 0. The lowest BCUT2D eigenvalue weighted by Crippen LogP contribution is -2.22. The Balaban J connectivity index is 1.95. The molecule has 1 aromatic heterocycles. The van der Waals surface area contributed by atoms with Crippen molar-refractivity contribution in [2.75, 3.05) is 38.0 Å². The summed E-state index contributed by atoms with van der Waals surface area (Å²) in [5.41, 5.74) is 1.25. The Kier molecular flexibility index (Phi) is 10.1. The van der Waals surface area contributed by atoms with Crippen molar-refractivity contribution in [2.24, 2.45) is 0 Å². The van der Waals surface area contributed by atoms with Crippen molar-refractivity contribution in [1.82, 2.24) is 9.97 Å². The van der Waals surface area contributed by atoms with Crippen molar-refractivity contribution in [3.05, 3.63) is 36.0 Å². The van der Waals surface area contributed by atoms with Crippen molar-refractivity contribution in [2.45, 2.75) is 51.5 Å². The maximum atomic E-state index is 9.37. The fourth-order valence-electron chi connectivity index (χ4n) is 3.04. The predicted molar refractivity (Wildman–Crippen MR) is 117 cm³/mol. The third kappa shape index (κ3) is 7.77. The number of aromatic nitrogens is 2. The predicted octanol–water partition coefficient (Wildman–Crippen LogP) is 3.89. The fourth-order valence-corrected chi connectivity index (χ4v) is 3.04. The lowest BCUT2D eigenvalue weighted by molar-refractivity contribution is 0.275. The number of unbranched alkanes of at least 4 members (excludes halogenated alkanes) is 1. The van der Waals surface area contributed by atoms with Crippen molar-refractivity contribution >= 4 is 11.8 Å². The summed E-state index contributed by atoms with van der Waals surface area (Å²) in [6.07, 6.45) is 7.37. The first-order valence-corrected chi connectivity index (χ1v) is 10.4. The second kappa shape index (κ2) is 12.8. The summed E-state index contributed by atoms with van der Waals surface area (Å²) in [5.74, 6) is 2.71. The van der Waals surface area contributed by atoms with Gasteiger partial charge >= 0.3 is 0 Å². The van der Waals surface area contributed by atoms with Gasteiger partial charge in [0.15, 0.2) is 11.6 Å². The second-order valence-corrected chi connectivity index (χ2v) is 6.95. The van der Waals surface area contributed by atoms with E-state index in [4.69, 9.17) is 9.47 Å². The van der Waals surface area contributed by atoms with Crippen molar-refractivity contribution in [3.63, 3.8) is 0 Å². The van der Waals surface area contributed by atoms with Crippen LogP contribution in [0.4, 0.5) is 11.8 Å². The van der Waals surface area contributed by atoms with Gasteiger partial charge in [-0.05, 0) is 43.4 Å². The number of methoxy groups -OCH3 is 1. The molecule has 1 unspecified atom stereocenters. The van der Waals surface area contributed by atoms with Gasteiger partial charge in [-0.25, -0.2) is 4.98 Å². The molecule has 0 spiro atoms. The number of nitrogens with zero attached hydrogens (tertiary/aromatic N) is 2. The van der Waals surface area contributed by atoms with E-state index in [0.29, 0.717) is 30.5 Å². The fraction of sp³-hybridized carbons (Fsp3) is 0.545. The first-order chi connectivity index (χ1) is 14.2. The normalized spacial score (nSPS) is 11.7. The van der Waals surface area contributed by atoms with Gasteiger partial charge in [-0.2, -0.15) is 4.98 Å². The highest BCUT2D eigenvalue weighted by Crippen LogP contribution is 2.25. The lowest BCUT2D eigenvalue weighted by atomic mass is 10.1. The number of hydrogen-bond acceptors (Lipinski definition) is 7. The van der Waals surface area contributed by atoms with Gasteiger partial charge in [-0.1, -0.05) is 31.9 Å². The first kappa shape index (κ1) is 22.7. The molecule has 1 heterocycles. The third-order valence-corrected chi connectivity index (χ3v) is 4.73. The molecule has 7 heteroatoms. The molecule has 1 atom stereocenters. The average molecular weight is 403 g/mol. The highest BCUT2D eigenvalue weighted by atomic mass is 16.5. The second-order valence-electron chi connectivity index (χ2n) is 6.95. The topological polar surface area (TPSA) is 88.5 Å². The van der Waals surface area contributed by atoms with E-state index < -0.39 is 0 Å². The molecule has 0 radical (unpaired) electrons. The van der Waals surface area contributed by atoms with Gasteiger partial charge in [0.25, 0.3) is 0 Å². The summed E-state index contributed by atoms with van der Waals surface area (Å²) < 4.78 is 11.2. The van der Waals surface area contributed by atoms with E-state index in [1.807, 2.05) is 12.1 Å². The first-order valence-electron chi connectivity index (χ1n) is 10.4. The Morgan fingerprint density at radius 1 is 1.14 bits per heavy atom. The number of aliphatic hydroxyl groups is 1. The van der Waals surface area contributed by atoms with Crippen molar-refractivity contribution < 1.29 is 14.6 Å². The van der Waals surface area contributed by atoms with Gasteiger partial charge in [-0.15, -0.1) is 0 Å². The number of aryl methyl sites for hydroxylation is 1. The molecule has 0 aliphatic rings. The molecule has 29 heavy (non-hydrogen) atoms. The minimum Gasteiger partial charge on any atom is -0.497 e. The summed E-state index contributed by atoms with van der Waals surface area (Å²) in [5, 5.41) is 15.8. The van der Waals surface area contributed by atoms with E-state index in [9.17, 15) is 5.11 Å². The van der Waals surface area contributed by atoms with E-state index in [1.54, 1.807) is 20.4 Å². The monoisotopic (exact) mass is 402 g/mol. The van der Waals surface area contributed by atoms with E-state index >= 15 is 0 Å². The minimum atomic E-state index is 0.142. The lowest BCUT2D eigenvalue weighted by Gasteiger charge is -2.20. The van der Waals surface area contributed by atoms with Crippen LogP contribution in [0.5, 0.6) is 11.5 Å². The summed E-state index contributed by atoms with van der Waals surface area (Å²) in [6.45, 7) is 2.88.